The van der Waals surface area contributed by atoms with E-state index < -0.39 is 0 Å². The summed E-state index contributed by atoms with van der Waals surface area (Å²) in [6.07, 6.45) is 2.36. The highest BCUT2D eigenvalue weighted by molar-refractivity contribution is 6.35. The SMILES string of the molecule is CC(C)CN1Cc2ccccc2N(C(=O)c2ccc(N3CCCC3)cc2Cl)CC1=O. The molecule has 0 unspecified atom stereocenters. The van der Waals surface area contributed by atoms with Crippen LogP contribution in [-0.4, -0.2) is 42.9 Å². The number of rotatable bonds is 4. The molecule has 0 N–H and O–H groups in total. The molecule has 2 aromatic rings. The first-order valence-electron chi connectivity index (χ1n) is 10.7. The summed E-state index contributed by atoms with van der Waals surface area (Å²) in [6, 6.07) is 13.4. The molecule has 0 aromatic heterocycles. The van der Waals surface area contributed by atoms with Crippen molar-refractivity contribution in [1.29, 1.82) is 0 Å². The number of para-hydroxylation sites is 1. The van der Waals surface area contributed by atoms with Crippen LogP contribution in [0.25, 0.3) is 0 Å². The fourth-order valence-electron chi connectivity index (χ4n) is 4.31. The van der Waals surface area contributed by atoms with Gasteiger partial charge in [0.05, 0.1) is 10.6 Å². The van der Waals surface area contributed by atoms with Crippen LogP contribution in [-0.2, 0) is 11.3 Å². The van der Waals surface area contributed by atoms with Gasteiger partial charge in [-0.1, -0.05) is 43.6 Å². The number of benzene rings is 2. The zero-order valence-electron chi connectivity index (χ0n) is 17.6. The van der Waals surface area contributed by atoms with E-state index in [1.807, 2.05) is 41.3 Å². The minimum absolute atomic E-state index is 0.0206. The average molecular weight is 426 g/mol. The van der Waals surface area contributed by atoms with Gasteiger partial charge in [-0.25, -0.2) is 0 Å². The molecule has 2 aromatic carbocycles. The van der Waals surface area contributed by atoms with Crippen LogP contribution in [0.1, 0.15) is 42.6 Å². The van der Waals surface area contributed by atoms with E-state index in [4.69, 9.17) is 11.6 Å². The van der Waals surface area contributed by atoms with Gasteiger partial charge >= 0.3 is 0 Å². The molecule has 5 nitrogen and oxygen atoms in total. The smallest absolute Gasteiger partial charge is 0.260 e. The number of hydrogen-bond donors (Lipinski definition) is 0. The van der Waals surface area contributed by atoms with Crippen molar-refractivity contribution in [2.75, 3.05) is 36.0 Å². The molecule has 6 heteroatoms. The maximum absolute atomic E-state index is 13.5. The topological polar surface area (TPSA) is 43.9 Å². The van der Waals surface area contributed by atoms with Crippen molar-refractivity contribution in [3.8, 4) is 0 Å². The number of halogens is 1. The molecule has 2 aliphatic heterocycles. The summed E-state index contributed by atoms with van der Waals surface area (Å²) >= 11 is 6.55. The van der Waals surface area contributed by atoms with Crippen LogP contribution in [0.15, 0.2) is 42.5 Å². The second-order valence-electron chi connectivity index (χ2n) is 8.55. The molecule has 0 radical (unpaired) electrons. The molecule has 1 fully saturated rings. The number of carbonyl (C=O) groups excluding carboxylic acids is 2. The number of carbonyl (C=O) groups is 2. The Balaban J connectivity index is 1.65. The third-order valence-electron chi connectivity index (χ3n) is 5.77. The standard InChI is InChI=1S/C24H28ClN3O2/c1-17(2)14-27-15-18-7-3-4-8-22(18)28(16-23(27)29)24(30)20-10-9-19(13-21(20)25)26-11-5-6-12-26/h3-4,7-10,13,17H,5-6,11-12,14-16H2,1-2H3. The summed E-state index contributed by atoms with van der Waals surface area (Å²) < 4.78 is 0. The summed E-state index contributed by atoms with van der Waals surface area (Å²) in [6.45, 7) is 7.42. The van der Waals surface area contributed by atoms with E-state index in [0.717, 1.165) is 30.0 Å². The Morgan fingerprint density at radius 1 is 1.07 bits per heavy atom. The normalized spacial score (nSPS) is 16.8. The van der Waals surface area contributed by atoms with Crippen molar-refractivity contribution in [3.63, 3.8) is 0 Å². The summed E-state index contributed by atoms with van der Waals surface area (Å²) in [4.78, 5) is 32.2. The maximum atomic E-state index is 13.5. The van der Waals surface area contributed by atoms with Gasteiger partial charge in [-0.2, -0.15) is 0 Å². The van der Waals surface area contributed by atoms with Gasteiger partial charge in [-0.3, -0.25) is 14.5 Å². The first-order chi connectivity index (χ1) is 14.4. The van der Waals surface area contributed by atoms with Crippen molar-refractivity contribution in [1.82, 2.24) is 4.90 Å². The Labute approximate surface area is 183 Å². The third-order valence-corrected chi connectivity index (χ3v) is 6.09. The quantitative estimate of drug-likeness (QED) is 0.719. The molecule has 4 rings (SSSR count). The zero-order chi connectivity index (χ0) is 21.3. The van der Waals surface area contributed by atoms with Crippen LogP contribution >= 0.6 is 11.6 Å². The van der Waals surface area contributed by atoms with Crippen molar-refractivity contribution < 1.29 is 9.59 Å². The van der Waals surface area contributed by atoms with Gasteiger partial charge < -0.3 is 9.80 Å². The summed E-state index contributed by atoms with van der Waals surface area (Å²) in [5.41, 5.74) is 3.23. The van der Waals surface area contributed by atoms with Crippen molar-refractivity contribution in [2.24, 2.45) is 5.92 Å². The highest BCUT2D eigenvalue weighted by Gasteiger charge is 2.30. The van der Waals surface area contributed by atoms with Crippen molar-refractivity contribution in [3.05, 3.63) is 58.6 Å². The highest BCUT2D eigenvalue weighted by Crippen LogP contribution is 2.31. The summed E-state index contributed by atoms with van der Waals surface area (Å²) in [5, 5.41) is 0.428. The van der Waals surface area contributed by atoms with Crippen LogP contribution in [0.2, 0.25) is 5.02 Å². The number of anilines is 2. The summed E-state index contributed by atoms with van der Waals surface area (Å²) in [5.74, 6) is 0.0779. The van der Waals surface area contributed by atoms with E-state index in [0.29, 0.717) is 29.6 Å². The van der Waals surface area contributed by atoms with Crippen LogP contribution in [0, 0.1) is 5.92 Å². The maximum Gasteiger partial charge on any atom is 0.260 e. The van der Waals surface area contributed by atoms with E-state index in [1.54, 1.807) is 11.0 Å². The van der Waals surface area contributed by atoms with Crippen molar-refractivity contribution >= 4 is 34.8 Å². The fraction of sp³-hybridized carbons (Fsp3) is 0.417. The molecule has 158 valence electrons. The first-order valence-corrected chi connectivity index (χ1v) is 11.0. The molecule has 1 saturated heterocycles. The lowest BCUT2D eigenvalue weighted by Crippen LogP contribution is -2.41. The minimum Gasteiger partial charge on any atom is -0.371 e. The Bertz CT molecular complexity index is 953. The van der Waals surface area contributed by atoms with E-state index >= 15 is 0 Å². The first kappa shape index (κ1) is 20.7. The largest absolute Gasteiger partial charge is 0.371 e. The van der Waals surface area contributed by atoms with Gasteiger partial charge in [0.25, 0.3) is 5.91 Å². The number of amides is 2. The Morgan fingerprint density at radius 2 is 1.80 bits per heavy atom. The predicted molar refractivity (Wildman–Crippen MR) is 121 cm³/mol. The summed E-state index contributed by atoms with van der Waals surface area (Å²) in [7, 11) is 0. The molecular weight excluding hydrogens is 398 g/mol. The van der Waals surface area contributed by atoms with Crippen LogP contribution in [0.4, 0.5) is 11.4 Å². The van der Waals surface area contributed by atoms with E-state index in [2.05, 4.69) is 18.7 Å². The van der Waals surface area contributed by atoms with Gasteiger partial charge in [-0.15, -0.1) is 0 Å². The molecule has 2 amide bonds. The zero-order valence-corrected chi connectivity index (χ0v) is 18.4. The van der Waals surface area contributed by atoms with Crippen LogP contribution < -0.4 is 9.80 Å². The molecule has 2 heterocycles. The monoisotopic (exact) mass is 425 g/mol. The average Bonchev–Trinajstić information content (AvgIpc) is 3.22. The van der Waals surface area contributed by atoms with Gasteiger partial charge in [0.15, 0.2) is 0 Å². The molecule has 0 bridgehead atoms. The van der Waals surface area contributed by atoms with Crippen LogP contribution in [0.5, 0.6) is 0 Å². The fourth-order valence-corrected chi connectivity index (χ4v) is 4.56. The lowest BCUT2D eigenvalue weighted by molar-refractivity contribution is -0.130. The molecular formula is C24H28ClN3O2. The lowest BCUT2D eigenvalue weighted by atomic mass is 10.1. The Morgan fingerprint density at radius 3 is 2.50 bits per heavy atom. The lowest BCUT2D eigenvalue weighted by Gasteiger charge is -2.24. The molecule has 0 spiro atoms. The van der Waals surface area contributed by atoms with E-state index in [-0.39, 0.29) is 18.4 Å². The molecule has 0 aliphatic carbocycles. The molecule has 0 saturated carbocycles. The van der Waals surface area contributed by atoms with Gasteiger partial charge in [0, 0.05) is 37.6 Å². The predicted octanol–water partition coefficient (Wildman–Crippen LogP) is 4.59. The van der Waals surface area contributed by atoms with Gasteiger partial charge in [0.2, 0.25) is 5.91 Å². The molecule has 30 heavy (non-hydrogen) atoms. The Hall–Kier alpha value is -2.53. The van der Waals surface area contributed by atoms with Gasteiger partial charge in [-0.05, 0) is 48.6 Å². The second-order valence-corrected chi connectivity index (χ2v) is 8.95. The second kappa shape index (κ2) is 8.68. The van der Waals surface area contributed by atoms with Gasteiger partial charge in [0.1, 0.15) is 6.54 Å². The Kier molecular flexibility index (Phi) is 6.00. The highest BCUT2D eigenvalue weighted by atomic mass is 35.5. The third kappa shape index (κ3) is 4.17. The number of fused-ring (bicyclic) bond motifs is 1. The number of nitrogens with zero attached hydrogens (tertiary/aromatic N) is 3. The molecule has 2 aliphatic rings. The van der Waals surface area contributed by atoms with E-state index in [1.165, 1.54) is 12.8 Å². The number of hydrogen-bond acceptors (Lipinski definition) is 3. The van der Waals surface area contributed by atoms with Crippen molar-refractivity contribution in [2.45, 2.75) is 33.2 Å². The van der Waals surface area contributed by atoms with Crippen LogP contribution in [0.3, 0.4) is 0 Å². The minimum atomic E-state index is -0.236. The molecule has 0 atom stereocenters. The van der Waals surface area contributed by atoms with E-state index in [9.17, 15) is 9.59 Å².